The minimum Gasteiger partial charge on any atom is -0.383 e. The molecule has 0 aliphatic heterocycles. The molecule has 0 unspecified atom stereocenters. The molecule has 0 atom stereocenters. The van der Waals surface area contributed by atoms with Gasteiger partial charge in [-0.2, -0.15) is 0 Å². The molecule has 20 heavy (non-hydrogen) atoms. The van der Waals surface area contributed by atoms with E-state index >= 15 is 0 Å². The molecule has 1 heterocycles. The lowest BCUT2D eigenvalue weighted by Crippen LogP contribution is -2.14. The lowest BCUT2D eigenvalue weighted by molar-refractivity contribution is 0.592. The Morgan fingerprint density at radius 2 is 1.70 bits per heavy atom. The number of aromatic nitrogens is 2. The van der Waals surface area contributed by atoms with Crippen LogP contribution in [0.2, 0.25) is 0 Å². The predicted octanol–water partition coefficient (Wildman–Crippen LogP) is 3.72. The van der Waals surface area contributed by atoms with Crippen molar-refractivity contribution >= 4 is 17.3 Å². The Kier molecular flexibility index (Phi) is 3.66. The van der Waals surface area contributed by atoms with E-state index in [4.69, 9.17) is 5.73 Å². The molecule has 0 fully saturated rings. The van der Waals surface area contributed by atoms with Gasteiger partial charge in [-0.25, -0.2) is 9.97 Å². The molecule has 0 amide bonds. The first kappa shape index (κ1) is 14.3. The van der Waals surface area contributed by atoms with Gasteiger partial charge in [0.2, 0.25) is 0 Å². The summed E-state index contributed by atoms with van der Waals surface area (Å²) in [5.74, 6) is 1.96. The van der Waals surface area contributed by atoms with Crippen LogP contribution in [0, 0.1) is 13.8 Å². The van der Waals surface area contributed by atoms with Crippen molar-refractivity contribution in [1.29, 1.82) is 0 Å². The molecule has 0 radical (unpaired) electrons. The number of hydrogen-bond acceptors (Lipinski definition) is 4. The van der Waals surface area contributed by atoms with Gasteiger partial charge in [-0.3, -0.25) is 0 Å². The minimum absolute atomic E-state index is 0.0606. The van der Waals surface area contributed by atoms with Crippen molar-refractivity contribution in [2.45, 2.75) is 40.0 Å². The highest BCUT2D eigenvalue weighted by Crippen LogP contribution is 2.32. The zero-order chi connectivity index (χ0) is 14.9. The average molecular weight is 270 g/mol. The van der Waals surface area contributed by atoms with Crippen molar-refractivity contribution in [1.82, 2.24) is 9.97 Å². The average Bonchev–Trinajstić information content (AvgIpc) is 2.34. The fraction of sp³-hybridized carbons (Fsp3) is 0.375. The number of nitrogens with two attached hydrogens (primary N) is 1. The summed E-state index contributed by atoms with van der Waals surface area (Å²) < 4.78 is 0. The number of hydrogen-bond donors (Lipinski definition) is 2. The number of benzene rings is 1. The lowest BCUT2D eigenvalue weighted by atomic mass is 9.86. The van der Waals surface area contributed by atoms with Gasteiger partial charge in [-0.05, 0) is 30.9 Å². The van der Waals surface area contributed by atoms with Gasteiger partial charge in [-0.1, -0.05) is 39.0 Å². The van der Waals surface area contributed by atoms with E-state index in [0.717, 1.165) is 17.1 Å². The highest BCUT2D eigenvalue weighted by Gasteiger charge is 2.18. The van der Waals surface area contributed by atoms with Gasteiger partial charge in [0.25, 0.3) is 0 Å². The summed E-state index contributed by atoms with van der Waals surface area (Å²) in [4.78, 5) is 8.62. The molecule has 4 heteroatoms. The summed E-state index contributed by atoms with van der Waals surface area (Å²) >= 11 is 0. The Labute approximate surface area is 120 Å². The summed E-state index contributed by atoms with van der Waals surface area (Å²) in [6.07, 6.45) is 0. The summed E-state index contributed by atoms with van der Waals surface area (Å²) in [6, 6.07) is 8.27. The topological polar surface area (TPSA) is 63.8 Å². The van der Waals surface area contributed by atoms with Crippen LogP contribution in [0.5, 0.6) is 0 Å². The molecule has 0 spiro atoms. The van der Waals surface area contributed by atoms with Crippen molar-refractivity contribution < 1.29 is 0 Å². The normalized spacial score (nSPS) is 11.4. The van der Waals surface area contributed by atoms with Crippen LogP contribution in [0.15, 0.2) is 24.3 Å². The van der Waals surface area contributed by atoms with E-state index in [1.165, 1.54) is 5.56 Å². The van der Waals surface area contributed by atoms with E-state index in [2.05, 4.69) is 54.3 Å². The third kappa shape index (κ3) is 2.90. The van der Waals surface area contributed by atoms with E-state index in [1.54, 1.807) is 0 Å². The maximum Gasteiger partial charge on any atom is 0.139 e. The number of nitrogens with one attached hydrogen (secondary N) is 1. The molecule has 3 N–H and O–H groups in total. The first-order valence-electron chi connectivity index (χ1n) is 6.76. The van der Waals surface area contributed by atoms with Crippen LogP contribution in [0.3, 0.4) is 0 Å². The van der Waals surface area contributed by atoms with Crippen LogP contribution < -0.4 is 11.1 Å². The second-order valence-electron chi connectivity index (χ2n) is 6.05. The third-order valence-electron chi connectivity index (χ3n) is 3.28. The number of nitrogens with zero attached hydrogens (tertiary/aromatic N) is 2. The largest absolute Gasteiger partial charge is 0.383 e. The van der Waals surface area contributed by atoms with Crippen molar-refractivity contribution in [3.05, 3.63) is 41.2 Å². The molecular weight excluding hydrogens is 248 g/mol. The fourth-order valence-electron chi connectivity index (χ4n) is 2.15. The van der Waals surface area contributed by atoms with Gasteiger partial charge >= 0.3 is 0 Å². The number of rotatable bonds is 2. The molecule has 4 nitrogen and oxygen atoms in total. The molecule has 2 rings (SSSR count). The highest BCUT2D eigenvalue weighted by molar-refractivity contribution is 5.67. The minimum atomic E-state index is 0.0606. The Balaban J connectivity index is 2.46. The second-order valence-corrected chi connectivity index (χ2v) is 6.05. The lowest BCUT2D eigenvalue weighted by Gasteiger charge is -2.23. The van der Waals surface area contributed by atoms with E-state index < -0.39 is 0 Å². The van der Waals surface area contributed by atoms with Gasteiger partial charge in [0.05, 0.1) is 0 Å². The number of nitrogen functional groups attached to an aromatic ring is 1. The molecule has 1 aromatic carbocycles. The van der Waals surface area contributed by atoms with Gasteiger partial charge in [-0.15, -0.1) is 0 Å². The molecular formula is C16H22N4. The first-order chi connectivity index (χ1) is 9.29. The zero-order valence-electron chi connectivity index (χ0n) is 12.8. The van der Waals surface area contributed by atoms with Gasteiger partial charge in [0.1, 0.15) is 17.5 Å². The number of para-hydroxylation sites is 1. The number of anilines is 3. The van der Waals surface area contributed by atoms with Crippen LogP contribution in [0.4, 0.5) is 17.3 Å². The summed E-state index contributed by atoms with van der Waals surface area (Å²) in [6.45, 7) is 10.4. The van der Waals surface area contributed by atoms with Gasteiger partial charge < -0.3 is 11.1 Å². The molecule has 0 bridgehead atoms. The molecule has 0 aliphatic carbocycles. The van der Waals surface area contributed by atoms with Crippen LogP contribution >= 0.6 is 0 Å². The summed E-state index contributed by atoms with van der Waals surface area (Å²) in [5, 5.41) is 3.40. The Morgan fingerprint density at radius 3 is 2.35 bits per heavy atom. The number of aryl methyl sites for hydroxylation is 1. The molecule has 0 aliphatic rings. The smallest absolute Gasteiger partial charge is 0.139 e. The Bertz CT molecular complexity index is 627. The molecule has 106 valence electrons. The fourth-order valence-corrected chi connectivity index (χ4v) is 2.15. The second kappa shape index (κ2) is 5.12. The summed E-state index contributed by atoms with van der Waals surface area (Å²) in [5.41, 5.74) is 9.14. The molecule has 0 saturated heterocycles. The maximum absolute atomic E-state index is 5.91. The molecule has 2 aromatic rings. The molecule has 1 aromatic heterocycles. The highest BCUT2D eigenvalue weighted by atomic mass is 15.1. The van der Waals surface area contributed by atoms with E-state index in [1.807, 2.05) is 19.9 Å². The van der Waals surface area contributed by atoms with Crippen LogP contribution in [0.1, 0.15) is 37.7 Å². The first-order valence-corrected chi connectivity index (χ1v) is 6.76. The summed E-state index contributed by atoms with van der Waals surface area (Å²) in [7, 11) is 0. The SMILES string of the molecule is Cc1nc(N)c(C)c(Nc2ccccc2C(C)(C)C)n1. The quantitative estimate of drug-likeness (QED) is 0.873. The van der Waals surface area contributed by atoms with E-state index in [0.29, 0.717) is 11.6 Å². The Hall–Kier alpha value is -2.10. The van der Waals surface area contributed by atoms with Crippen molar-refractivity contribution in [3.8, 4) is 0 Å². The monoisotopic (exact) mass is 270 g/mol. The van der Waals surface area contributed by atoms with E-state index in [9.17, 15) is 0 Å². The molecule has 0 saturated carbocycles. The Morgan fingerprint density at radius 1 is 1.05 bits per heavy atom. The van der Waals surface area contributed by atoms with Gasteiger partial charge in [0, 0.05) is 11.3 Å². The predicted molar refractivity (Wildman–Crippen MR) is 84.3 cm³/mol. The van der Waals surface area contributed by atoms with Crippen LogP contribution in [-0.4, -0.2) is 9.97 Å². The van der Waals surface area contributed by atoms with Crippen molar-refractivity contribution in [2.24, 2.45) is 0 Å². The van der Waals surface area contributed by atoms with Crippen molar-refractivity contribution in [3.63, 3.8) is 0 Å². The standard InChI is InChI=1S/C16H22N4/c1-10-14(17)18-11(2)19-15(10)20-13-9-7-6-8-12(13)16(3,4)5/h6-9H,1-5H3,(H3,17,18,19,20). The van der Waals surface area contributed by atoms with Crippen LogP contribution in [0.25, 0.3) is 0 Å². The van der Waals surface area contributed by atoms with E-state index in [-0.39, 0.29) is 5.41 Å². The maximum atomic E-state index is 5.91. The van der Waals surface area contributed by atoms with Crippen LogP contribution in [-0.2, 0) is 5.41 Å². The van der Waals surface area contributed by atoms with Crippen molar-refractivity contribution in [2.75, 3.05) is 11.1 Å². The van der Waals surface area contributed by atoms with Gasteiger partial charge in [0.15, 0.2) is 0 Å². The zero-order valence-corrected chi connectivity index (χ0v) is 12.8. The third-order valence-corrected chi connectivity index (χ3v) is 3.28.